The molecule has 0 spiro atoms. The van der Waals surface area contributed by atoms with Gasteiger partial charge in [0.2, 0.25) is 0 Å². The highest BCUT2D eigenvalue weighted by Gasteiger charge is 2.27. The monoisotopic (exact) mass is 383 g/mol. The highest BCUT2D eigenvalue weighted by Crippen LogP contribution is 2.39. The second-order valence-electron chi connectivity index (χ2n) is 5.39. The van der Waals surface area contributed by atoms with Crippen LogP contribution in [-0.4, -0.2) is 9.85 Å². The van der Waals surface area contributed by atoms with E-state index in [0.29, 0.717) is 11.4 Å². The first-order chi connectivity index (χ1) is 13.0. The van der Waals surface area contributed by atoms with Crippen molar-refractivity contribution in [3.05, 3.63) is 98.0 Å². The van der Waals surface area contributed by atoms with E-state index in [4.69, 9.17) is 11.6 Å². The molecule has 9 heteroatoms. The Morgan fingerprint density at radius 1 is 0.815 bits per heavy atom. The van der Waals surface area contributed by atoms with Gasteiger partial charge in [-0.25, -0.2) is 5.01 Å². The third-order valence-corrected chi connectivity index (χ3v) is 3.93. The van der Waals surface area contributed by atoms with Gasteiger partial charge in [0.1, 0.15) is 0 Å². The Labute approximate surface area is 158 Å². The zero-order chi connectivity index (χ0) is 19.4. The van der Waals surface area contributed by atoms with Crippen molar-refractivity contribution in [2.24, 2.45) is 0 Å². The van der Waals surface area contributed by atoms with Crippen LogP contribution in [0.25, 0.3) is 0 Å². The van der Waals surface area contributed by atoms with Gasteiger partial charge in [-0.3, -0.25) is 20.2 Å². The van der Waals surface area contributed by atoms with E-state index in [1.807, 2.05) is 12.1 Å². The zero-order valence-corrected chi connectivity index (χ0v) is 14.5. The Hall–Kier alpha value is -3.65. The fourth-order valence-electron chi connectivity index (χ4n) is 2.42. The Morgan fingerprint density at radius 3 is 1.78 bits per heavy atom. The summed E-state index contributed by atoms with van der Waals surface area (Å²) in [5.41, 5.74) is 4.46. The summed E-state index contributed by atoms with van der Waals surface area (Å²) < 4.78 is 0. The average molecular weight is 384 g/mol. The van der Waals surface area contributed by atoms with Gasteiger partial charge in [0.05, 0.1) is 32.3 Å². The number of halogens is 1. The van der Waals surface area contributed by atoms with E-state index in [-0.39, 0.29) is 10.7 Å². The van der Waals surface area contributed by atoms with Crippen LogP contribution in [0.3, 0.4) is 0 Å². The molecule has 8 nitrogen and oxygen atoms in total. The van der Waals surface area contributed by atoms with Gasteiger partial charge in [-0.05, 0) is 24.3 Å². The smallest absolute Gasteiger partial charge is 0.258 e. The number of nitrogens with zero attached hydrogens (tertiary/aromatic N) is 4. The van der Waals surface area contributed by atoms with Gasteiger partial charge in [-0.2, -0.15) is 5.43 Å². The van der Waals surface area contributed by atoms with Crippen LogP contribution in [0.4, 0.5) is 28.4 Å². The van der Waals surface area contributed by atoms with Crippen molar-refractivity contribution in [2.75, 3.05) is 5.01 Å². The molecule has 0 fully saturated rings. The molecule has 0 N–H and O–H groups in total. The minimum atomic E-state index is -0.744. The molecule has 3 rings (SSSR count). The van der Waals surface area contributed by atoms with Gasteiger partial charge < -0.3 is 0 Å². The van der Waals surface area contributed by atoms with Gasteiger partial charge in [0.25, 0.3) is 5.69 Å². The summed E-state index contributed by atoms with van der Waals surface area (Å²) in [6.07, 6.45) is 0. The molecular weight excluding hydrogens is 372 g/mol. The van der Waals surface area contributed by atoms with Crippen molar-refractivity contribution in [1.29, 1.82) is 0 Å². The average Bonchev–Trinajstić information content (AvgIpc) is 2.67. The quantitative estimate of drug-likeness (QED) is 0.432. The minimum absolute atomic E-state index is 0.167. The molecule has 0 unspecified atom stereocenters. The molecule has 3 aromatic rings. The van der Waals surface area contributed by atoms with Crippen LogP contribution in [-0.2, 0) is 0 Å². The topological polar surface area (TPSA) is 104 Å². The highest BCUT2D eigenvalue weighted by molar-refractivity contribution is 6.33. The molecule has 3 aromatic carbocycles. The second-order valence-corrected chi connectivity index (χ2v) is 5.80. The number of para-hydroxylation sites is 2. The molecule has 0 aliphatic rings. The molecule has 0 bridgehead atoms. The SMILES string of the molecule is O=[N+]([O-])c1cc(Cl)c([N]N(c2ccccc2)c2ccccc2)c([N+](=O)[O-])c1. The van der Waals surface area contributed by atoms with E-state index in [0.717, 1.165) is 12.1 Å². The Kier molecular flexibility index (Phi) is 5.18. The van der Waals surface area contributed by atoms with Crippen molar-refractivity contribution in [2.45, 2.75) is 0 Å². The molecule has 0 atom stereocenters. The van der Waals surface area contributed by atoms with E-state index in [9.17, 15) is 20.2 Å². The van der Waals surface area contributed by atoms with Crippen LogP contribution < -0.4 is 10.4 Å². The second kappa shape index (κ2) is 7.71. The van der Waals surface area contributed by atoms with E-state index < -0.39 is 21.2 Å². The Morgan fingerprint density at radius 2 is 1.33 bits per heavy atom. The molecule has 0 aliphatic heterocycles. The largest absolute Gasteiger partial charge is 0.305 e. The van der Waals surface area contributed by atoms with Crippen LogP contribution in [0.2, 0.25) is 5.02 Å². The van der Waals surface area contributed by atoms with Crippen molar-refractivity contribution < 1.29 is 9.85 Å². The maximum Gasteiger partial charge on any atom is 0.305 e. The molecule has 27 heavy (non-hydrogen) atoms. The van der Waals surface area contributed by atoms with Crippen LogP contribution in [0.5, 0.6) is 0 Å². The fraction of sp³-hybridized carbons (Fsp3) is 0. The lowest BCUT2D eigenvalue weighted by molar-refractivity contribution is -0.393. The highest BCUT2D eigenvalue weighted by atomic mass is 35.5. The fourth-order valence-corrected chi connectivity index (χ4v) is 2.66. The maximum atomic E-state index is 11.4. The van der Waals surface area contributed by atoms with Crippen LogP contribution in [0.1, 0.15) is 0 Å². The Bertz CT molecular complexity index is 944. The molecule has 0 saturated heterocycles. The van der Waals surface area contributed by atoms with E-state index >= 15 is 0 Å². The zero-order valence-electron chi connectivity index (χ0n) is 13.7. The molecule has 0 aromatic heterocycles. The van der Waals surface area contributed by atoms with Crippen molar-refractivity contribution >= 4 is 40.0 Å². The lowest BCUT2D eigenvalue weighted by Crippen LogP contribution is -2.24. The summed E-state index contributed by atoms with van der Waals surface area (Å²) in [6.45, 7) is 0. The number of nitro groups is 2. The summed E-state index contributed by atoms with van der Waals surface area (Å²) in [4.78, 5) is 21.0. The first-order valence-electron chi connectivity index (χ1n) is 7.71. The molecule has 135 valence electrons. The van der Waals surface area contributed by atoms with Crippen LogP contribution in [0, 0.1) is 20.2 Å². The summed E-state index contributed by atoms with van der Waals surface area (Å²) >= 11 is 6.11. The molecule has 0 amide bonds. The summed E-state index contributed by atoms with van der Waals surface area (Å²) in [7, 11) is 0. The molecule has 0 aliphatic carbocycles. The van der Waals surface area contributed by atoms with E-state index in [1.54, 1.807) is 48.5 Å². The predicted molar refractivity (Wildman–Crippen MR) is 102 cm³/mol. The molecule has 0 heterocycles. The van der Waals surface area contributed by atoms with Gasteiger partial charge in [0, 0.05) is 6.07 Å². The van der Waals surface area contributed by atoms with Crippen molar-refractivity contribution in [3.8, 4) is 0 Å². The maximum absolute atomic E-state index is 11.4. The molecule has 0 saturated carbocycles. The Balaban J connectivity index is 2.12. The van der Waals surface area contributed by atoms with Crippen LogP contribution in [0.15, 0.2) is 72.8 Å². The first kappa shape index (κ1) is 18.2. The van der Waals surface area contributed by atoms with Gasteiger partial charge in [-0.1, -0.05) is 48.0 Å². The minimum Gasteiger partial charge on any atom is -0.258 e. The normalized spacial score (nSPS) is 10.3. The number of benzene rings is 3. The standard InChI is InChI=1S/C18H12ClN4O4/c19-16-11-15(22(24)25)12-17(23(26)27)18(16)20-21(13-7-3-1-4-8-13)14-9-5-2-6-10-14/h1-12H. The third-order valence-electron chi connectivity index (χ3n) is 3.64. The van der Waals surface area contributed by atoms with Crippen molar-refractivity contribution in [1.82, 2.24) is 5.43 Å². The molecular formula is C18H12ClN4O4. The number of hydrogen-bond acceptors (Lipinski definition) is 5. The lowest BCUT2D eigenvalue weighted by Gasteiger charge is -2.23. The van der Waals surface area contributed by atoms with Crippen LogP contribution >= 0.6 is 11.6 Å². The number of nitro benzene ring substituents is 2. The van der Waals surface area contributed by atoms with E-state index in [1.165, 1.54) is 5.01 Å². The number of non-ortho nitro benzene ring substituents is 1. The predicted octanol–water partition coefficient (Wildman–Crippen LogP) is 5.15. The van der Waals surface area contributed by atoms with Gasteiger partial charge in [-0.15, -0.1) is 0 Å². The van der Waals surface area contributed by atoms with Gasteiger partial charge in [0.15, 0.2) is 5.69 Å². The summed E-state index contributed by atoms with van der Waals surface area (Å²) in [5.74, 6) is 0. The number of hydrogen-bond donors (Lipinski definition) is 0. The lowest BCUT2D eigenvalue weighted by atomic mass is 10.2. The van der Waals surface area contributed by atoms with Gasteiger partial charge >= 0.3 is 5.69 Å². The molecule has 1 radical (unpaired) electrons. The summed E-state index contributed by atoms with van der Waals surface area (Å²) in [6, 6.07) is 19.9. The summed E-state index contributed by atoms with van der Waals surface area (Å²) in [5, 5.41) is 23.7. The van der Waals surface area contributed by atoms with E-state index in [2.05, 4.69) is 5.43 Å². The first-order valence-corrected chi connectivity index (χ1v) is 8.09. The number of rotatable bonds is 6. The van der Waals surface area contributed by atoms with Crippen molar-refractivity contribution in [3.63, 3.8) is 0 Å². The third kappa shape index (κ3) is 3.96. The number of anilines is 2.